The number of aryl methyl sites for hydroxylation is 1. The Morgan fingerprint density at radius 1 is 1.11 bits per heavy atom. The van der Waals surface area contributed by atoms with Crippen molar-refractivity contribution >= 4 is 5.69 Å². The summed E-state index contributed by atoms with van der Waals surface area (Å²) in [6, 6.07) is 12.8. The first-order valence-electron chi connectivity index (χ1n) is 6.38. The molecule has 0 radical (unpaired) electrons. The van der Waals surface area contributed by atoms with E-state index in [1.165, 1.54) is 23.3 Å². The van der Waals surface area contributed by atoms with Gasteiger partial charge in [-0.2, -0.15) is 0 Å². The highest BCUT2D eigenvalue weighted by molar-refractivity contribution is 5.56. The lowest BCUT2D eigenvalue weighted by Crippen LogP contribution is -2.04. The van der Waals surface area contributed by atoms with Crippen molar-refractivity contribution in [1.82, 2.24) is 0 Å². The summed E-state index contributed by atoms with van der Waals surface area (Å²) in [5.74, 6) is 0.227. The van der Waals surface area contributed by atoms with Crippen LogP contribution in [0.5, 0.6) is 5.75 Å². The molecule has 3 heteroatoms. The Kier molecular flexibility index (Phi) is 4.39. The Hall–Kier alpha value is -2.03. The number of methoxy groups -OCH3 is 1. The van der Waals surface area contributed by atoms with Gasteiger partial charge in [-0.1, -0.05) is 31.2 Å². The van der Waals surface area contributed by atoms with Crippen LogP contribution in [0, 0.1) is 5.82 Å². The van der Waals surface area contributed by atoms with Gasteiger partial charge in [0, 0.05) is 12.6 Å². The van der Waals surface area contributed by atoms with Crippen molar-refractivity contribution in [2.24, 2.45) is 0 Å². The van der Waals surface area contributed by atoms with Gasteiger partial charge in [0.2, 0.25) is 0 Å². The molecule has 1 N–H and O–H groups in total. The molecule has 0 aliphatic carbocycles. The third-order valence-electron chi connectivity index (χ3n) is 3.13. The number of anilines is 1. The summed E-state index contributed by atoms with van der Waals surface area (Å²) in [5.41, 5.74) is 3.36. The molecule has 0 atom stereocenters. The molecule has 2 aromatic rings. The van der Waals surface area contributed by atoms with Crippen LogP contribution in [0.3, 0.4) is 0 Å². The van der Waals surface area contributed by atoms with Gasteiger partial charge < -0.3 is 10.1 Å². The summed E-state index contributed by atoms with van der Waals surface area (Å²) >= 11 is 0. The van der Waals surface area contributed by atoms with E-state index in [1.54, 1.807) is 13.2 Å². The summed E-state index contributed by atoms with van der Waals surface area (Å²) in [4.78, 5) is 0. The highest BCUT2D eigenvalue weighted by Gasteiger charge is 2.05. The van der Waals surface area contributed by atoms with Gasteiger partial charge in [-0.25, -0.2) is 4.39 Å². The second kappa shape index (κ2) is 6.23. The van der Waals surface area contributed by atoms with Crippen LogP contribution in [-0.2, 0) is 13.0 Å². The fourth-order valence-corrected chi connectivity index (χ4v) is 2.08. The molecular weight excluding hydrogens is 241 g/mol. The van der Waals surface area contributed by atoms with Crippen molar-refractivity contribution in [2.75, 3.05) is 12.4 Å². The number of benzene rings is 2. The highest BCUT2D eigenvalue weighted by atomic mass is 19.1. The van der Waals surface area contributed by atoms with Gasteiger partial charge in [0.15, 0.2) is 0 Å². The summed E-state index contributed by atoms with van der Waals surface area (Å²) in [6.45, 7) is 2.84. The molecule has 0 spiro atoms. The van der Waals surface area contributed by atoms with Gasteiger partial charge in [0.05, 0.1) is 12.8 Å². The minimum Gasteiger partial charge on any atom is -0.494 e. The normalized spacial score (nSPS) is 10.3. The highest BCUT2D eigenvalue weighted by Crippen LogP contribution is 2.25. The largest absolute Gasteiger partial charge is 0.494 e. The fraction of sp³-hybridized carbons (Fsp3) is 0.250. The van der Waals surface area contributed by atoms with Crippen molar-refractivity contribution in [3.8, 4) is 5.75 Å². The van der Waals surface area contributed by atoms with Crippen LogP contribution in [-0.4, -0.2) is 7.11 Å². The van der Waals surface area contributed by atoms with E-state index in [0.29, 0.717) is 12.3 Å². The third-order valence-corrected chi connectivity index (χ3v) is 3.13. The Morgan fingerprint density at radius 2 is 1.84 bits per heavy atom. The first-order chi connectivity index (χ1) is 9.24. The van der Waals surface area contributed by atoms with E-state index in [9.17, 15) is 4.39 Å². The van der Waals surface area contributed by atoms with Crippen LogP contribution >= 0.6 is 0 Å². The summed E-state index contributed by atoms with van der Waals surface area (Å²) < 4.78 is 18.3. The smallest absolute Gasteiger partial charge is 0.144 e. The van der Waals surface area contributed by atoms with Gasteiger partial charge in [-0.15, -0.1) is 0 Å². The molecule has 0 aromatic heterocycles. The minimum absolute atomic E-state index is 0.295. The molecule has 0 amide bonds. The molecule has 0 saturated heterocycles. The summed E-state index contributed by atoms with van der Waals surface area (Å²) in [5, 5.41) is 3.29. The number of ether oxygens (including phenoxy) is 1. The minimum atomic E-state index is -0.295. The van der Waals surface area contributed by atoms with Crippen molar-refractivity contribution in [3.63, 3.8) is 0 Å². The molecule has 0 bridgehead atoms. The predicted octanol–water partition coefficient (Wildman–Crippen LogP) is 4.01. The van der Waals surface area contributed by atoms with Crippen LogP contribution < -0.4 is 10.1 Å². The first kappa shape index (κ1) is 13.4. The zero-order valence-electron chi connectivity index (χ0n) is 11.2. The monoisotopic (exact) mass is 259 g/mol. The summed E-state index contributed by atoms with van der Waals surface area (Å²) in [7, 11) is 1.54. The quantitative estimate of drug-likeness (QED) is 0.876. The average Bonchev–Trinajstić information content (AvgIpc) is 2.46. The van der Waals surface area contributed by atoms with E-state index >= 15 is 0 Å². The molecule has 0 heterocycles. The molecule has 0 fully saturated rings. The van der Waals surface area contributed by atoms with E-state index in [2.05, 4.69) is 24.4 Å². The topological polar surface area (TPSA) is 21.3 Å². The van der Waals surface area contributed by atoms with Crippen molar-refractivity contribution in [3.05, 3.63) is 59.4 Å². The van der Waals surface area contributed by atoms with Gasteiger partial charge in [-0.05, 0) is 29.7 Å². The maximum atomic E-state index is 13.1. The summed E-state index contributed by atoms with van der Waals surface area (Å²) in [6.07, 6.45) is 0.998. The molecule has 0 saturated carbocycles. The predicted molar refractivity (Wildman–Crippen MR) is 76.1 cm³/mol. The second-order valence-corrected chi connectivity index (χ2v) is 4.32. The Labute approximate surface area is 113 Å². The zero-order valence-corrected chi connectivity index (χ0v) is 11.2. The maximum Gasteiger partial charge on any atom is 0.144 e. The van der Waals surface area contributed by atoms with Crippen LogP contribution in [0.2, 0.25) is 0 Å². The van der Waals surface area contributed by atoms with E-state index in [1.807, 2.05) is 12.1 Å². The van der Waals surface area contributed by atoms with Gasteiger partial charge in [0.25, 0.3) is 0 Å². The van der Waals surface area contributed by atoms with E-state index < -0.39 is 0 Å². The van der Waals surface area contributed by atoms with E-state index in [0.717, 1.165) is 12.1 Å². The lowest BCUT2D eigenvalue weighted by molar-refractivity contribution is 0.413. The molecule has 19 heavy (non-hydrogen) atoms. The van der Waals surface area contributed by atoms with Crippen LogP contribution in [0.25, 0.3) is 0 Å². The molecule has 0 aliphatic rings. The van der Waals surface area contributed by atoms with Gasteiger partial charge in [-0.3, -0.25) is 0 Å². The molecule has 2 rings (SSSR count). The average molecular weight is 259 g/mol. The Balaban J connectivity index is 2.14. The van der Waals surface area contributed by atoms with Crippen molar-refractivity contribution in [2.45, 2.75) is 19.9 Å². The number of hydrogen-bond acceptors (Lipinski definition) is 2. The SMILES string of the molecule is CCc1ccccc1CNc1ccc(F)cc1OC. The Morgan fingerprint density at radius 3 is 2.53 bits per heavy atom. The molecule has 2 aromatic carbocycles. The van der Waals surface area contributed by atoms with Crippen LogP contribution in [0.4, 0.5) is 10.1 Å². The first-order valence-corrected chi connectivity index (χ1v) is 6.38. The van der Waals surface area contributed by atoms with Crippen LogP contribution in [0.15, 0.2) is 42.5 Å². The lowest BCUT2D eigenvalue weighted by atomic mass is 10.1. The van der Waals surface area contributed by atoms with Crippen LogP contribution in [0.1, 0.15) is 18.1 Å². The fourth-order valence-electron chi connectivity index (χ4n) is 2.08. The van der Waals surface area contributed by atoms with Crippen molar-refractivity contribution < 1.29 is 9.13 Å². The molecule has 0 aliphatic heterocycles. The number of halogens is 1. The zero-order chi connectivity index (χ0) is 13.7. The molecule has 100 valence electrons. The van der Waals surface area contributed by atoms with E-state index in [4.69, 9.17) is 4.74 Å². The molecule has 0 unspecified atom stereocenters. The number of nitrogens with one attached hydrogen (secondary N) is 1. The van der Waals surface area contributed by atoms with E-state index in [-0.39, 0.29) is 5.82 Å². The maximum absolute atomic E-state index is 13.1. The number of hydrogen-bond donors (Lipinski definition) is 1. The molecular formula is C16H18FNO. The number of rotatable bonds is 5. The Bertz CT molecular complexity index is 554. The third kappa shape index (κ3) is 3.25. The second-order valence-electron chi connectivity index (χ2n) is 4.32. The molecule has 2 nitrogen and oxygen atoms in total. The van der Waals surface area contributed by atoms with Crippen molar-refractivity contribution in [1.29, 1.82) is 0 Å². The standard InChI is InChI=1S/C16H18FNO/c1-3-12-6-4-5-7-13(12)11-18-15-9-8-14(17)10-16(15)19-2/h4-10,18H,3,11H2,1-2H3. The van der Waals surface area contributed by atoms with Gasteiger partial charge >= 0.3 is 0 Å². The van der Waals surface area contributed by atoms with Gasteiger partial charge in [0.1, 0.15) is 11.6 Å². The lowest BCUT2D eigenvalue weighted by Gasteiger charge is -2.13.